The first-order chi connectivity index (χ1) is 8.85. The van der Waals surface area contributed by atoms with Crippen molar-refractivity contribution in [2.45, 2.75) is 26.0 Å². The Morgan fingerprint density at radius 1 is 1.74 bits per heavy atom. The van der Waals surface area contributed by atoms with E-state index in [1.807, 2.05) is 19.1 Å². The van der Waals surface area contributed by atoms with Crippen molar-refractivity contribution in [3.8, 4) is 11.8 Å². The van der Waals surface area contributed by atoms with Crippen molar-refractivity contribution < 1.29 is 14.4 Å². The molecule has 1 atom stereocenters. The molecule has 0 bridgehead atoms. The highest BCUT2D eigenvalue weighted by Crippen LogP contribution is 2.31. The lowest BCUT2D eigenvalue weighted by molar-refractivity contribution is 0.263. The molecule has 3 N–H and O–H groups in total. The molecule has 7 heteroatoms. The average Bonchev–Trinajstić information content (AvgIpc) is 2.70. The van der Waals surface area contributed by atoms with Crippen LogP contribution in [-0.2, 0) is 11.3 Å². The fourth-order valence-corrected chi connectivity index (χ4v) is 2.33. The van der Waals surface area contributed by atoms with Gasteiger partial charge in [-0.25, -0.2) is 0 Å². The predicted molar refractivity (Wildman–Crippen MR) is 72.3 cm³/mol. The van der Waals surface area contributed by atoms with Crippen molar-refractivity contribution in [1.29, 1.82) is 5.26 Å². The summed E-state index contributed by atoms with van der Waals surface area (Å²) in [6.07, 6.45) is 0. The molecule has 1 heterocycles. The molecule has 1 aromatic carbocycles. The van der Waals surface area contributed by atoms with Crippen LogP contribution in [0.25, 0.3) is 0 Å². The van der Waals surface area contributed by atoms with Gasteiger partial charge >= 0.3 is 7.12 Å². The molecule has 0 aromatic heterocycles. The van der Waals surface area contributed by atoms with Crippen LogP contribution >= 0.6 is 11.6 Å². The summed E-state index contributed by atoms with van der Waals surface area (Å²) in [6.45, 7) is 3.75. The number of nitrogens with two attached hydrogens (primary N) is 1. The molecular weight excluding hydrogens is 266 g/mol. The summed E-state index contributed by atoms with van der Waals surface area (Å²) in [4.78, 5) is 0. The molecule has 0 saturated heterocycles. The third kappa shape index (κ3) is 2.70. The molecule has 0 saturated carbocycles. The van der Waals surface area contributed by atoms with Crippen molar-refractivity contribution >= 4 is 24.2 Å². The van der Waals surface area contributed by atoms with Crippen molar-refractivity contribution in [1.82, 2.24) is 0 Å². The van der Waals surface area contributed by atoms with Gasteiger partial charge in [-0.15, -0.1) is 0 Å². The highest BCUT2D eigenvalue weighted by molar-refractivity contribution is 6.65. The lowest BCUT2D eigenvalue weighted by Gasteiger charge is -2.19. The first-order valence-corrected chi connectivity index (χ1v) is 6.18. The summed E-state index contributed by atoms with van der Waals surface area (Å²) >= 11 is 6.24. The van der Waals surface area contributed by atoms with Crippen LogP contribution in [0.15, 0.2) is 6.07 Å². The first-order valence-electron chi connectivity index (χ1n) is 5.80. The second-order valence-corrected chi connectivity index (χ2v) is 5.27. The third-order valence-corrected chi connectivity index (χ3v) is 3.32. The number of halogens is 1. The average molecular weight is 281 g/mol. The van der Waals surface area contributed by atoms with Crippen molar-refractivity contribution in [2.75, 3.05) is 6.61 Å². The van der Waals surface area contributed by atoms with Gasteiger partial charge in [0.05, 0.1) is 17.7 Å². The predicted octanol–water partition coefficient (Wildman–Crippen LogP) is 0.486. The smallest absolute Gasteiger partial charge is 0.489 e. The Kier molecular flexibility index (Phi) is 3.74. The molecule has 19 heavy (non-hydrogen) atoms. The van der Waals surface area contributed by atoms with Crippen LogP contribution in [0.3, 0.4) is 0 Å². The van der Waals surface area contributed by atoms with Gasteiger partial charge in [-0.1, -0.05) is 17.7 Å². The van der Waals surface area contributed by atoms with E-state index in [2.05, 4.69) is 0 Å². The highest BCUT2D eigenvalue weighted by atomic mass is 35.5. The number of fused-ring (bicyclic) bond motifs is 1. The lowest BCUT2D eigenvalue weighted by Crippen LogP contribution is -2.41. The minimum atomic E-state index is -1.09. The van der Waals surface area contributed by atoms with Crippen LogP contribution in [0.4, 0.5) is 0 Å². The monoisotopic (exact) mass is 280 g/mol. The summed E-state index contributed by atoms with van der Waals surface area (Å²) in [5, 5.41) is 18.9. The summed E-state index contributed by atoms with van der Waals surface area (Å²) in [5.74, 6) is 0.428. The van der Waals surface area contributed by atoms with E-state index in [1.54, 1.807) is 6.92 Å². The molecule has 0 fully saturated rings. The van der Waals surface area contributed by atoms with E-state index in [9.17, 15) is 5.02 Å². The Bertz CT molecular complexity index is 557. The van der Waals surface area contributed by atoms with Gasteiger partial charge in [-0.05, 0) is 25.0 Å². The van der Waals surface area contributed by atoms with E-state index in [1.165, 1.54) is 0 Å². The topological polar surface area (TPSA) is 88.5 Å². The molecular formula is C12H14BClN2O3. The number of nitrogens with zero attached hydrogens (tertiary/aromatic N) is 1. The lowest BCUT2D eigenvalue weighted by atomic mass is 9.78. The Balaban J connectivity index is 2.32. The summed E-state index contributed by atoms with van der Waals surface area (Å²) < 4.78 is 10.7. The molecule has 0 unspecified atom stereocenters. The maximum absolute atomic E-state index is 9.71. The summed E-state index contributed by atoms with van der Waals surface area (Å²) in [5.41, 5.74) is 6.79. The SMILES string of the molecule is Cc1cc2c(c(Cl)c1OC[C@@](C)(N)C#N)B(O)OC2. The standard InChI is InChI=1S/C12H14BClN2O3/c1-7-3-8-4-19-13(17)9(8)10(14)11(7)18-6-12(2,16)5-15/h3,17H,4,6,16H2,1-2H3/t12-/m0/s1. The molecule has 0 amide bonds. The van der Waals surface area contributed by atoms with Gasteiger partial charge in [0.2, 0.25) is 0 Å². The molecule has 2 rings (SSSR count). The Morgan fingerprint density at radius 3 is 3.05 bits per heavy atom. The van der Waals surface area contributed by atoms with Gasteiger partial charge in [0.15, 0.2) is 0 Å². The number of hydrogen-bond acceptors (Lipinski definition) is 5. The van der Waals surface area contributed by atoms with Crippen LogP contribution in [0.2, 0.25) is 5.02 Å². The van der Waals surface area contributed by atoms with Crippen LogP contribution < -0.4 is 15.9 Å². The zero-order valence-corrected chi connectivity index (χ0v) is 11.5. The van der Waals surface area contributed by atoms with Crippen molar-refractivity contribution in [3.05, 3.63) is 22.2 Å². The van der Waals surface area contributed by atoms with Gasteiger partial charge < -0.3 is 20.1 Å². The quantitative estimate of drug-likeness (QED) is 0.787. The van der Waals surface area contributed by atoms with Crippen molar-refractivity contribution in [3.63, 3.8) is 0 Å². The number of nitriles is 1. The Labute approximate surface area is 117 Å². The highest BCUT2D eigenvalue weighted by Gasteiger charge is 2.33. The largest absolute Gasteiger partial charge is 0.493 e. The number of benzene rings is 1. The number of rotatable bonds is 3. The summed E-state index contributed by atoms with van der Waals surface area (Å²) in [6, 6.07) is 3.80. The van der Waals surface area contributed by atoms with Gasteiger partial charge in [0.1, 0.15) is 17.9 Å². The van der Waals surface area contributed by atoms with E-state index in [-0.39, 0.29) is 6.61 Å². The molecule has 1 aliphatic rings. The van der Waals surface area contributed by atoms with Gasteiger partial charge in [0.25, 0.3) is 0 Å². The zero-order valence-electron chi connectivity index (χ0n) is 10.7. The zero-order chi connectivity index (χ0) is 14.2. The van der Waals surface area contributed by atoms with Gasteiger partial charge in [0, 0.05) is 5.46 Å². The number of ether oxygens (including phenoxy) is 1. The van der Waals surface area contributed by atoms with Crippen LogP contribution in [-0.4, -0.2) is 24.3 Å². The van der Waals surface area contributed by atoms with E-state index < -0.39 is 12.7 Å². The van der Waals surface area contributed by atoms with Gasteiger partial charge in [-0.3, -0.25) is 0 Å². The van der Waals surface area contributed by atoms with Crippen LogP contribution in [0, 0.1) is 18.3 Å². The maximum Gasteiger partial charge on any atom is 0.493 e. The maximum atomic E-state index is 9.71. The minimum absolute atomic E-state index is 0.0137. The summed E-state index contributed by atoms with van der Waals surface area (Å²) in [7, 11) is -1.04. The minimum Gasteiger partial charge on any atom is -0.489 e. The first kappa shape index (κ1) is 14.2. The third-order valence-electron chi connectivity index (χ3n) is 2.95. The molecule has 0 radical (unpaired) electrons. The Hall–Kier alpha value is -1.26. The fourth-order valence-electron chi connectivity index (χ4n) is 1.91. The Morgan fingerprint density at radius 2 is 2.42 bits per heavy atom. The van der Waals surface area contributed by atoms with Gasteiger partial charge in [-0.2, -0.15) is 5.26 Å². The second-order valence-electron chi connectivity index (χ2n) is 4.89. The molecule has 5 nitrogen and oxygen atoms in total. The molecule has 0 spiro atoms. The molecule has 100 valence electrons. The number of hydrogen-bond donors (Lipinski definition) is 2. The van der Waals surface area contributed by atoms with E-state index >= 15 is 0 Å². The van der Waals surface area contributed by atoms with E-state index in [0.29, 0.717) is 22.8 Å². The second kappa shape index (κ2) is 5.02. The fraction of sp³-hybridized carbons (Fsp3) is 0.417. The molecule has 0 aliphatic carbocycles. The van der Waals surface area contributed by atoms with Crippen LogP contribution in [0.1, 0.15) is 18.1 Å². The molecule has 1 aromatic rings. The number of aryl methyl sites for hydroxylation is 1. The van der Waals surface area contributed by atoms with Crippen molar-refractivity contribution in [2.24, 2.45) is 5.73 Å². The van der Waals surface area contributed by atoms with E-state index in [0.717, 1.165) is 11.1 Å². The van der Waals surface area contributed by atoms with Crippen LogP contribution in [0.5, 0.6) is 5.75 Å². The normalized spacial score (nSPS) is 16.7. The van der Waals surface area contributed by atoms with E-state index in [4.69, 9.17) is 32.0 Å². The molecule has 1 aliphatic heterocycles.